The molecule has 0 aromatic carbocycles. The molecule has 0 unspecified atom stereocenters. The molecule has 1 amide bonds. The van der Waals surface area contributed by atoms with Gasteiger partial charge in [0.2, 0.25) is 0 Å². The summed E-state index contributed by atoms with van der Waals surface area (Å²) in [5, 5.41) is 0. The summed E-state index contributed by atoms with van der Waals surface area (Å²) in [6, 6.07) is 0. The van der Waals surface area contributed by atoms with Gasteiger partial charge in [0.15, 0.2) is 0 Å². The highest BCUT2D eigenvalue weighted by molar-refractivity contribution is 5.67. The molecule has 0 rings (SSSR count). The maximum atomic E-state index is 11.5. The fourth-order valence-corrected chi connectivity index (χ4v) is 0.966. The van der Waals surface area contributed by atoms with E-state index in [2.05, 4.69) is 0 Å². The van der Waals surface area contributed by atoms with E-state index in [0.717, 1.165) is 0 Å². The Hall–Kier alpha value is -1.10. The second-order valence-corrected chi connectivity index (χ2v) is 4.50. The van der Waals surface area contributed by atoms with Gasteiger partial charge >= 0.3 is 6.09 Å². The third-order valence-corrected chi connectivity index (χ3v) is 1.67. The predicted octanol–water partition coefficient (Wildman–Crippen LogP) is 1.46. The first-order valence-electron chi connectivity index (χ1n) is 5.32. The zero-order chi connectivity index (χ0) is 12.6. The maximum absolute atomic E-state index is 11.5. The number of amides is 1. The van der Waals surface area contributed by atoms with Gasteiger partial charge in [-0.25, -0.2) is 4.79 Å². The maximum Gasteiger partial charge on any atom is 0.410 e. The van der Waals surface area contributed by atoms with Gasteiger partial charge in [0.1, 0.15) is 18.5 Å². The van der Waals surface area contributed by atoms with E-state index in [4.69, 9.17) is 9.47 Å². The fourth-order valence-electron chi connectivity index (χ4n) is 0.966. The molecule has 0 N–H and O–H groups in total. The fraction of sp³-hybridized carbons (Fsp3) is 0.818. The molecule has 0 aromatic rings. The Morgan fingerprint density at radius 2 is 2.00 bits per heavy atom. The molecule has 0 aliphatic heterocycles. The van der Waals surface area contributed by atoms with Crippen molar-refractivity contribution in [3.8, 4) is 0 Å². The second-order valence-electron chi connectivity index (χ2n) is 4.50. The van der Waals surface area contributed by atoms with Crippen LogP contribution in [0.1, 0.15) is 27.2 Å². The van der Waals surface area contributed by atoms with Gasteiger partial charge in [-0.15, -0.1) is 0 Å². The zero-order valence-corrected chi connectivity index (χ0v) is 10.5. The lowest BCUT2D eigenvalue weighted by atomic mass is 10.2. The van der Waals surface area contributed by atoms with Gasteiger partial charge in [-0.1, -0.05) is 0 Å². The van der Waals surface area contributed by atoms with Gasteiger partial charge in [0.25, 0.3) is 0 Å². The van der Waals surface area contributed by atoms with E-state index >= 15 is 0 Å². The molecule has 0 saturated heterocycles. The van der Waals surface area contributed by atoms with E-state index in [9.17, 15) is 9.59 Å². The van der Waals surface area contributed by atoms with Crippen LogP contribution in [-0.2, 0) is 14.3 Å². The van der Waals surface area contributed by atoms with Crippen LogP contribution in [0.25, 0.3) is 0 Å². The van der Waals surface area contributed by atoms with E-state index in [0.29, 0.717) is 25.9 Å². The van der Waals surface area contributed by atoms with Crippen molar-refractivity contribution in [2.24, 2.45) is 0 Å². The highest BCUT2D eigenvalue weighted by Crippen LogP contribution is 2.09. The average molecular weight is 231 g/mol. The smallest absolute Gasteiger partial charge is 0.410 e. The molecule has 0 bridgehead atoms. The topological polar surface area (TPSA) is 55.8 Å². The van der Waals surface area contributed by atoms with Crippen LogP contribution in [0.3, 0.4) is 0 Å². The standard InChI is InChI=1S/C11H21NO4/c1-11(2,3)16-10(14)12(4)6-5-8-15-9-7-13/h7H,5-6,8-9H2,1-4H3. The molecule has 16 heavy (non-hydrogen) atoms. The number of rotatable bonds is 6. The summed E-state index contributed by atoms with van der Waals surface area (Å²) in [6.07, 6.45) is 1.05. The lowest BCUT2D eigenvalue weighted by Gasteiger charge is -2.24. The van der Waals surface area contributed by atoms with Crippen molar-refractivity contribution in [1.29, 1.82) is 0 Å². The lowest BCUT2D eigenvalue weighted by molar-refractivity contribution is -0.111. The van der Waals surface area contributed by atoms with Crippen LogP contribution in [0.15, 0.2) is 0 Å². The number of hydrogen-bond acceptors (Lipinski definition) is 4. The van der Waals surface area contributed by atoms with Crippen LogP contribution in [0.4, 0.5) is 4.79 Å². The quantitative estimate of drug-likeness (QED) is 0.513. The van der Waals surface area contributed by atoms with Crippen LogP contribution in [0.5, 0.6) is 0 Å². The Bertz CT molecular complexity index is 223. The Morgan fingerprint density at radius 1 is 1.38 bits per heavy atom. The molecule has 0 fully saturated rings. The predicted molar refractivity (Wildman–Crippen MR) is 60.4 cm³/mol. The van der Waals surface area contributed by atoms with Crippen LogP contribution < -0.4 is 0 Å². The van der Waals surface area contributed by atoms with Crippen LogP contribution >= 0.6 is 0 Å². The van der Waals surface area contributed by atoms with Crippen LogP contribution in [0.2, 0.25) is 0 Å². The van der Waals surface area contributed by atoms with Crippen molar-refractivity contribution in [2.75, 3.05) is 26.8 Å². The molecule has 0 atom stereocenters. The number of nitrogens with zero attached hydrogens (tertiary/aromatic N) is 1. The van der Waals surface area contributed by atoms with Crippen molar-refractivity contribution in [1.82, 2.24) is 4.90 Å². The molecular weight excluding hydrogens is 210 g/mol. The number of ether oxygens (including phenoxy) is 2. The number of carbonyl (C=O) groups is 2. The number of hydrogen-bond donors (Lipinski definition) is 0. The monoisotopic (exact) mass is 231 g/mol. The van der Waals surface area contributed by atoms with Crippen molar-refractivity contribution in [2.45, 2.75) is 32.8 Å². The summed E-state index contributed by atoms with van der Waals surface area (Å²) >= 11 is 0. The zero-order valence-electron chi connectivity index (χ0n) is 10.5. The molecular formula is C11H21NO4. The lowest BCUT2D eigenvalue weighted by Crippen LogP contribution is -2.35. The van der Waals surface area contributed by atoms with Crippen molar-refractivity contribution in [3.05, 3.63) is 0 Å². The molecule has 0 aromatic heterocycles. The summed E-state index contributed by atoms with van der Waals surface area (Å²) in [5.41, 5.74) is -0.473. The molecule has 0 saturated carbocycles. The third kappa shape index (κ3) is 8.23. The minimum atomic E-state index is -0.473. The summed E-state index contributed by atoms with van der Waals surface area (Å²) in [4.78, 5) is 22.9. The van der Waals surface area contributed by atoms with Crippen LogP contribution in [0, 0.1) is 0 Å². The van der Waals surface area contributed by atoms with Crippen molar-refractivity contribution >= 4 is 12.4 Å². The summed E-state index contributed by atoms with van der Waals surface area (Å²) in [6.45, 7) is 6.60. The summed E-state index contributed by atoms with van der Waals surface area (Å²) < 4.78 is 10.1. The molecule has 5 heteroatoms. The molecule has 0 aliphatic rings. The molecule has 0 spiro atoms. The summed E-state index contributed by atoms with van der Waals surface area (Å²) in [5.74, 6) is 0. The first-order valence-corrected chi connectivity index (χ1v) is 5.32. The highest BCUT2D eigenvalue weighted by atomic mass is 16.6. The largest absolute Gasteiger partial charge is 0.444 e. The molecule has 0 radical (unpaired) electrons. The average Bonchev–Trinajstić information content (AvgIpc) is 2.14. The van der Waals surface area contributed by atoms with Gasteiger partial charge in [-0.3, -0.25) is 0 Å². The van der Waals surface area contributed by atoms with Gasteiger partial charge in [0.05, 0.1) is 0 Å². The van der Waals surface area contributed by atoms with E-state index in [1.807, 2.05) is 20.8 Å². The summed E-state index contributed by atoms with van der Waals surface area (Å²) in [7, 11) is 1.67. The Balaban J connectivity index is 3.67. The van der Waals surface area contributed by atoms with Crippen molar-refractivity contribution < 1.29 is 19.1 Å². The SMILES string of the molecule is CN(CCCOCC=O)C(=O)OC(C)(C)C. The Kier molecular flexibility index (Phi) is 6.72. The van der Waals surface area contributed by atoms with Gasteiger partial charge in [-0.2, -0.15) is 0 Å². The van der Waals surface area contributed by atoms with Crippen molar-refractivity contribution in [3.63, 3.8) is 0 Å². The first-order chi connectivity index (χ1) is 7.37. The second kappa shape index (κ2) is 7.22. The Morgan fingerprint density at radius 3 is 2.50 bits per heavy atom. The van der Waals surface area contributed by atoms with E-state index < -0.39 is 5.60 Å². The minimum Gasteiger partial charge on any atom is -0.444 e. The number of aldehydes is 1. The third-order valence-electron chi connectivity index (χ3n) is 1.67. The van der Waals surface area contributed by atoms with E-state index in [1.165, 1.54) is 4.90 Å². The molecule has 0 aliphatic carbocycles. The minimum absolute atomic E-state index is 0.107. The van der Waals surface area contributed by atoms with Gasteiger partial charge in [0, 0.05) is 20.2 Å². The Labute approximate surface area is 96.7 Å². The van der Waals surface area contributed by atoms with Gasteiger partial charge < -0.3 is 19.2 Å². The molecule has 0 heterocycles. The van der Waals surface area contributed by atoms with E-state index in [-0.39, 0.29) is 12.7 Å². The highest BCUT2D eigenvalue weighted by Gasteiger charge is 2.18. The van der Waals surface area contributed by atoms with E-state index in [1.54, 1.807) is 7.05 Å². The van der Waals surface area contributed by atoms with Crippen LogP contribution in [-0.4, -0.2) is 49.7 Å². The number of carbonyl (C=O) groups excluding carboxylic acids is 2. The normalized spacial score (nSPS) is 11.0. The molecule has 94 valence electrons. The molecule has 5 nitrogen and oxygen atoms in total. The first kappa shape index (κ1) is 14.9. The van der Waals surface area contributed by atoms with Gasteiger partial charge in [-0.05, 0) is 27.2 Å².